The molecule has 182 valence electrons. The van der Waals surface area contributed by atoms with Crippen LogP contribution in [0.2, 0.25) is 0 Å². The van der Waals surface area contributed by atoms with Crippen molar-refractivity contribution in [1.29, 1.82) is 5.26 Å². The summed E-state index contributed by atoms with van der Waals surface area (Å²) in [5.41, 5.74) is 1.17. The molecule has 1 atom stereocenters. The Morgan fingerprint density at radius 1 is 1.12 bits per heavy atom. The molecule has 0 radical (unpaired) electrons. The highest BCUT2D eigenvalue weighted by Gasteiger charge is 2.41. The van der Waals surface area contributed by atoms with Crippen LogP contribution in [0.25, 0.3) is 0 Å². The minimum absolute atomic E-state index is 0.0786. The van der Waals surface area contributed by atoms with Crippen LogP contribution in [0.1, 0.15) is 56.7 Å². The summed E-state index contributed by atoms with van der Waals surface area (Å²) in [6, 6.07) is 16.3. The van der Waals surface area contributed by atoms with Gasteiger partial charge in [0.05, 0.1) is 30.2 Å². The van der Waals surface area contributed by atoms with Crippen molar-refractivity contribution in [3.05, 3.63) is 88.0 Å². The number of nitro benzene ring substituents is 1. The number of non-ortho nitro benzene ring substituents is 1. The minimum atomic E-state index is -3.93. The van der Waals surface area contributed by atoms with Crippen molar-refractivity contribution >= 4 is 13.4 Å². The molecular weight excluding hydrogens is 453 g/mol. The third kappa shape index (κ3) is 7.61. The molecule has 0 aliphatic rings. The summed E-state index contributed by atoms with van der Waals surface area (Å²) < 4.78 is 27.6. The second kappa shape index (κ2) is 13.8. The van der Waals surface area contributed by atoms with Gasteiger partial charge in [0.15, 0.2) is 0 Å². The van der Waals surface area contributed by atoms with Gasteiger partial charge in [0.2, 0.25) is 0 Å². The Morgan fingerprint density at radius 2 is 1.74 bits per heavy atom. The van der Waals surface area contributed by atoms with Crippen LogP contribution in [-0.2, 0) is 20.2 Å². The normalized spacial score (nSPS) is 12.3. The summed E-state index contributed by atoms with van der Waals surface area (Å²) in [7, 11) is -3.93. The first-order valence-electron chi connectivity index (χ1n) is 11.4. The maximum absolute atomic E-state index is 14.3. The third-order valence-electron chi connectivity index (χ3n) is 5.18. The summed E-state index contributed by atoms with van der Waals surface area (Å²) in [5.74, 6) is 0. The van der Waals surface area contributed by atoms with Gasteiger partial charge in [-0.15, -0.1) is 0 Å². The van der Waals surface area contributed by atoms with Crippen molar-refractivity contribution in [2.24, 2.45) is 0 Å². The Morgan fingerprint density at radius 3 is 2.26 bits per heavy atom. The zero-order chi connectivity index (χ0) is 25.0. The number of rotatable bonds is 15. The molecule has 0 aliphatic heterocycles. The summed E-state index contributed by atoms with van der Waals surface area (Å²) in [6.07, 6.45) is 3.04. The van der Waals surface area contributed by atoms with Crippen LogP contribution in [-0.4, -0.2) is 22.8 Å². The third-order valence-corrected chi connectivity index (χ3v) is 7.19. The second-order valence-electron chi connectivity index (χ2n) is 7.82. The molecule has 2 aromatic carbocycles. The van der Waals surface area contributed by atoms with Crippen molar-refractivity contribution < 1.29 is 18.5 Å². The van der Waals surface area contributed by atoms with Crippen LogP contribution in [0.4, 0.5) is 5.69 Å². The Bertz CT molecular complexity index is 1020. The first kappa shape index (κ1) is 27.4. The van der Waals surface area contributed by atoms with E-state index in [1.165, 1.54) is 22.9 Å². The lowest BCUT2D eigenvalue weighted by atomic mass is 9.99. The molecule has 2 rings (SSSR count). The molecule has 0 aromatic heterocycles. The van der Waals surface area contributed by atoms with Crippen molar-refractivity contribution in [1.82, 2.24) is 4.67 Å². The maximum atomic E-state index is 14.3. The van der Waals surface area contributed by atoms with Gasteiger partial charge in [-0.05, 0) is 24.0 Å². The molecule has 1 unspecified atom stereocenters. The standard InChI is InChI=1S/C25H32N3O5P/c1-4-6-16-32-34(31,33-17-7-5-2)27(20-22-12-9-8-10-13-22)25(21(3)19-26)23-14-11-15-24(18-23)28(29)30/h8-15,18,25H,3-7,16-17,20H2,1-2H3. The van der Waals surface area contributed by atoms with Crippen molar-refractivity contribution in [2.75, 3.05) is 13.2 Å². The highest BCUT2D eigenvalue weighted by Crippen LogP contribution is 2.58. The van der Waals surface area contributed by atoms with Gasteiger partial charge in [-0.25, -0.2) is 4.57 Å². The molecule has 0 aliphatic carbocycles. The first-order valence-corrected chi connectivity index (χ1v) is 12.9. The Balaban J connectivity index is 2.64. The molecule has 0 bridgehead atoms. The fourth-order valence-corrected chi connectivity index (χ4v) is 5.33. The Labute approximate surface area is 201 Å². The van der Waals surface area contributed by atoms with Crippen molar-refractivity contribution in [2.45, 2.75) is 52.1 Å². The van der Waals surface area contributed by atoms with E-state index in [4.69, 9.17) is 9.05 Å². The SMILES string of the molecule is C=C(C#N)C(c1cccc([N+](=O)[O-])c1)N(Cc1ccccc1)P(=O)(OCCCC)OCCCC. The van der Waals surface area contributed by atoms with Gasteiger partial charge in [0, 0.05) is 24.3 Å². The molecule has 0 amide bonds. The Kier molecular flexibility index (Phi) is 11.1. The summed E-state index contributed by atoms with van der Waals surface area (Å²) >= 11 is 0. The predicted octanol–water partition coefficient (Wildman–Crippen LogP) is 6.96. The van der Waals surface area contributed by atoms with E-state index in [0.29, 0.717) is 18.4 Å². The average Bonchev–Trinajstić information content (AvgIpc) is 2.84. The van der Waals surface area contributed by atoms with Crippen LogP contribution >= 0.6 is 7.75 Å². The number of nitrogens with zero attached hydrogens (tertiary/aromatic N) is 3. The van der Waals surface area contributed by atoms with Crippen molar-refractivity contribution in [3.63, 3.8) is 0 Å². The topological polar surface area (TPSA) is 106 Å². The summed E-state index contributed by atoms with van der Waals surface area (Å²) in [5, 5.41) is 21.2. The largest absolute Gasteiger partial charge is 0.409 e. The van der Waals surface area contributed by atoms with E-state index in [1.54, 1.807) is 6.07 Å². The average molecular weight is 486 g/mol. The van der Waals surface area contributed by atoms with Gasteiger partial charge in [0.1, 0.15) is 0 Å². The van der Waals surface area contributed by atoms with E-state index in [2.05, 4.69) is 6.58 Å². The number of nitro groups is 1. The lowest BCUT2D eigenvalue weighted by Gasteiger charge is -2.36. The van der Waals surface area contributed by atoms with E-state index >= 15 is 0 Å². The van der Waals surface area contributed by atoms with Crippen LogP contribution in [0.3, 0.4) is 0 Å². The minimum Gasteiger partial charge on any atom is -0.297 e. The highest BCUT2D eigenvalue weighted by atomic mass is 31.2. The lowest BCUT2D eigenvalue weighted by molar-refractivity contribution is -0.384. The molecular formula is C25H32N3O5P. The number of hydrogen-bond acceptors (Lipinski definition) is 6. The second-order valence-corrected chi connectivity index (χ2v) is 9.78. The first-order chi connectivity index (χ1) is 16.4. The highest BCUT2D eigenvalue weighted by molar-refractivity contribution is 7.51. The van der Waals surface area contributed by atoms with E-state index in [9.17, 15) is 19.9 Å². The van der Waals surface area contributed by atoms with Gasteiger partial charge in [0.25, 0.3) is 5.69 Å². The van der Waals surface area contributed by atoms with E-state index in [-0.39, 0.29) is 31.0 Å². The molecule has 0 fully saturated rings. The molecule has 0 N–H and O–H groups in total. The van der Waals surface area contributed by atoms with Gasteiger partial charge in [-0.3, -0.25) is 19.2 Å². The van der Waals surface area contributed by atoms with Gasteiger partial charge in [-0.2, -0.15) is 9.93 Å². The fraction of sp³-hybridized carbons (Fsp3) is 0.400. The van der Waals surface area contributed by atoms with Crippen LogP contribution < -0.4 is 0 Å². The number of unbranched alkanes of at least 4 members (excludes halogenated alkanes) is 2. The maximum Gasteiger partial charge on any atom is 0.409 e. The molecule has 8 nitrogen and oxygen atoms in total. The Hall–Kier alpha value is -2.82. The van der Waals surface area contributed by atoms with Gasteiger partial charge < -0.3 is 0 Å². The lowest BCUT2D eigenvalue weighted by Crippen LogP contribution is -2.29. The molecule has 0 saturated carbocycles. The van der Waals surface area contributed by atoms with Crippen LogP contribution in [0.5, 0.6) is 0 Å². The van der Waals surface area contributed by atoms with E-state index in [1.807, 2.05) is 50.2 Å². The van der Waals surface area contributed by atoms with Gasteiger partial charge >= 0.3 is 7.75 Å². The zero-order valence-corrected chi connectivity index (χ0v) is 20.7. The van der Waals surface area contributed by atoms with E-state index < -0.39 is 18.7 Å². The number of benzene rings is 2. The smallest absolute Gasteiger partial charge is 0.297 e. The predicted molar refractivity (Wildman–Crippen MR) is 132 cm³/mol. The number of nitriles is 1. The quantitative estimate of drug-likeness (QED) is 0.0882. The molecule has 34 heavy (non-hydrogen) atoms. The van der Waals surface area contributed by atoms with Gasteiger partial charge in [-0.1, -0.05) is 75.7 Å². The van der Waals surface area contributed by atoms with Crippen LogP contribution in [0, 0.1) is 21.4 Å². The summed E-state index contributed by atoms with van der Waals surface area (Å²) in [4.78, 5) is 10.9. The molecule has 0 spiro atoms. The molecule has 9 heteroatoms. The fourth-order valence-electron chi connectivity index (χ4n) is 3.35. The zero-order valence-electron chi connectivity index (χ0n) is 19.8. The summed E-state index contributed by atoms with van der Waals surface area (Å²) in [6.45, 7) is 8.44. The van der Waals surface area contributed by atoms with Crippen molar-refractivity contribution in [3.8, 4) is 6.07 Å². The molecule has 0 heterocycles. The van der Waals surface area contributed by atoms with E-state index in [0.717, 1.165) is 18.4 Å². The molecule has 2 aromatic rings. The van der Waals surface area contributed by atoms with Crippen LogP contribution in [0.15, 0.2) is 66.7 Å². The molecule has 0 saturated heterocycles. The monoisotopic (exact) mass is 485 g/mol. The number of hydrogen-bond donors (Lipinski definition) is 0.